The molecule has 0 saturated carbocycles. The van der Waals surface area contributed by atoms with E-state index in [4.69, 9.17) is 0 Å². The van der Waals surface area contributed by atoms with Crippen LogP contribution in [0.4, 0.5) is 5.69 Å². The van der Waals surface area contributed by atoms with Gasteiger partial charge in [-0.1, -0.05) is 48.5 Å². The molecule has 3 amide bonds. The number of anilines is 1. The van der Waals surface area contributed by atoms with Crippen LogP contribution in [0, 0.1) is 11.8 Å². The quantitative estimate of drug-likeness (QED) is 0.783. The van der Waals surface area contributed by atoms with Crippen molar-refractivity contribution in [3.05, 3.63) is 66.2 Å². The zero-order valence-electron chi connectivity index (χ0n) is 17.7. The maximum Gasteiger partial charge on any atom is 0.228 e. The molecule has 1 N–H and O–H groups in total. The first-order valence-corrected chi connectivity index (χ1v) is 11.1. The molecule has 0 radical (unpaired) electrons. The predicted molar refractivity (Wildman–Crippen MR) is 119 cm³/mol. The van der Waals surface area contributed by atoms with E-state index in [1.165, 1.54) is 5.56 Å². The number of nitrogens with one attached hydrogen (secondary N) is 1. The number of hydrogen-bond acceptors (Lipinski definition) is 3. The lowest BCUT2D eigenvalue weighted by atomic mass is 9.94. The minimum atomic E-state index is -0.302. The van der Waals surface area contributed by atoms with E-state index in [1.54, 1.807) is 4.90 Å². The Bertz CT molecular complexity index is 908. The van der Waals surface area contributed by atoms with Crippen LogP contribution >= 0.6 is 0 Å². The van der Waals surface area contributed by atoms with Gasteiger partial charge in [-0.3, -0.25) is 14.4 Å². The van der Waals surface area contributed by atoms with Crippen molar-refractivity contribution < 1.29 is 14.4 Å². The summed E-state index contributed by atoms with van der Waals surface area (Å²) < 4.78 is 0. The van der Waals surface area contributed by atoms with Crippen LogP contribution in [-0.4, -0.2) is 48.8 Å². The number of para-hydroxylation sites is 1. The number of hydrogen-bond donors (Lipinski definition) is 1. The van der Waals surface area contributed by atoms with Crippen molar-refractivity contribution in [2.75, 3.05) is 31.1 Å². The topological polar surface area (TPSA) is 69.7 Å². The molecule has 2 aromatic carbocycles. The number of amides is 3. The molecule has 1 unspecified atom stereocenters. The highest BCUT2D eigenvalue weighted by atomic mass is 16.2. The van der Waals surface area contributed by atoms with Gasteiger partial charge < -0.3 is 15.1 Å². The third kappa shape index (κ3) is 5.13. The molecule has 0 spiro atoms. The lowest BCUT2D eigenvalue weighted by Crippen LogP contribution is -2.45. The van der Waals surface area contributed by atoms with E-state index in [-0.39, 0.29) is 36.0 Å². The summed E-state index contributed by atoms with van der Waals surface area (Å²) in [5, 5.41) is 3.04. The molecule has 0 aliphatic carbocycles. The van der Waals surface area contributed by atoms with E-state index >= 15 is 0 Å². The molecule has 2 saturated heterocycles. The third-order valence-corrected chi connectivity index (χ3v) is 6.28. The van der Waals surface area contributed by atoms with Gasteiger partial charge in [-0.05, 0) is 37.0 Å². The Kier molecular flexibility index (Phi) is 6.65. The molecule has 1 atom stereocenters. The van der Waals surface area contributed by atoms with Crippen LogP contribution in [-0.2, 0) is 20.8 Å². The maximum atomic E-state index is 13.0. The molecule has 0 bridgehead atoms. The van der Waals surface area contributed by atoms with Crippen LogP contribution in [0.1, 0.15) is 24.8 Å². The summed E-state index contributed by atoms with van der Waals surface area (Å²) in [5.74, 6) is -0.240. The number of rotatable bonds is 6. The van der Waals surface area contributed by atoms with Gasteiger partial charge >= 0.3 is 0 Å². The maximum absolute atomic E-state index is 13.0. The number of carbonyl (C=O) groups is 3. The van der Waals surface area contributed by atoms with Gasteiger partial charge in [0.1, 0.15) is 0 Å². The van der Waals surface area contributed by atoms with E-state index < -0.39 is 0 Å². The van der Waals surface area contributed by atoms with Gasteiger partial charge in [-0.25, -0.2) is 0 Å². The second-order valence-electron chi connectivity index (χ2n) is 8.37. The average molecular weight is 420 g/mol. The number of benzene rings is 2. The molecular weight excluding hydrogens is 390 g/mol. The van der Waals surface area contributed by atoms with E-state index in [0.29, 0.717) is 39.0 Å². The standard InChI is InChI=1S/C25H29N3O3/c29-23-17-21(18-28(23)22-9-5-2-6-10-22)25(31)27-15-12-20(13-16-27)24(30)26-14-11-19-7-3-1-4-8-19/h1-10,20-21H,11-18H2,(H,26,30). The average Bonchev–Trinajstić information content (AvgIpc) is 3.21. The van der Waals surface area contributed by atoms with E-state index in [1.807, 2.05) is 53.4 Å². The third-order valence-electron chi connectivity index (χ3n) is 6.28. The lowest BCUT2D eigenvalue weighted by molar-refractivity contribution is -0.139. The van der Waals surface area contributed by atoms with Gasteiger partial charge in [0.25, 0.3) is 0 Å². The molecule has 4 rings (SSSR count). The zero-order chi connectivity index (χ0) is 21.6. The molecule has 2 aromatic rings. The highest BCUT2D eigenvalue weighted by Crippen LogP contribution is 2.27. The first-order valence-electron chi connectivity index (χ1n) is 11.1. The Hall–Kier alpha value is -3.15. The molecule has 2 fully saturated rings. The van der Waals surface area contributed by atoms with Crippen molar-refractivity contribution in [3.8, 4) is 0 Å². The van der Waals surface area contributed by atoms with Gasteiger partial charge in [0.15, 0.2) is 0 Å². The van der Waals surface area contributed by atoms with Crippen molar-refractivity contribution in [1.29, 1.82) is 0 Å². The monoisotopic (exact) mass is 419 g/mol. The fraction of sp³-hybridized carbons (Fsp3) is 0.400. The van der Waals surface area contributed by atoms with Crippen LogP contribution in [0.25, 0.3) is 0 Å². The van der Waals surface area contributed by atoms with Crippen molar-refractivity contribution >= 4 is 23.4 Å². The highest BCUT2D eigenvalue weighted by Gasteiger charge is 2.38. The van der Waals surface area contributed by atoms with E-state index in [9.17, 15) is 14.4 Å². The molecular formula is C25H29N3O3. The molecule has 162 valence electrons. The van der Waals surface area contributed by atoms with Crippen molar-refractivity contribution in [3.63, 3.8) is 0 Å². The molecule has 2 aliphatic rings. The Morgan fingerprint density at radius 2 is 1.55 bits per heavy atom. The van der Waals surface area contributed by atoms with Gasteiger partial charge in [-0.2, -0.15) is 0 Å². The van der Waals surface area contributed by atoms with Crippen molar-refractivity contribution in [2.45, 2.75) is 25.7 Å². The fourth-order valence-electron chi connectivity index (χ4n) is 4.47. The molecule has 0 aromatic heterocycles. The molecule has 6 heteroatoms. The van der Waals surface area contributed by atoms with Crippen molar-refractivity contribution in [1.82, 2.24) is 10.2 Å². The van der Waals surface area contributed by atoms with Gasteiger partial charge in [-0.15, -0.1) is 0 Å². The van der Waals surface area contributed by atoms with Crippen LogP contribution < -0.4 is 10.2 Å². The normalized spacial score (nSPS) is 19.5. The van der Waals surface area contributed by atoms with Crippen LogP contribution in [0.3, 0.4) is 0 Å². The second-order valence-corrected chi connectivity index (χ2v) is 8.37. The Morgan fingerprint density at radius 1 is 0.903 bits per heavy atom. The van der Waals surface area contributed by atoms with Crippen LogP contribution in [0.2, 0.25) is 0 Å². The Morgan fingerprint density at radius 3 is 2.23 bits per heavy atom. The molecule has 31 heavy (non-hydrogen) atoms. The fourth-order valence-corrected chi connectivity index (χ4v) is 4.47. The summed E-state index contributed by atoms with van der Waals surface area (Å²) in [4.78, 5) is 41.4. The summed E-state index contributed by atoms with van der Waals surface area (Å²) in [7, 11) is 0. The van der Waals surface area contributed by atoms with Gasteiger partial charge in [0.2, 0.25) is 17.7 Å². The Balaban J connectivity index is 1.22. The highest BCUT2D eigenvalue weighted by molar-refractivity contribution is 6.00. The van der Waals surface area contributed by atoms with Gasteiger partial charge in [0.05, 0.1) is 5.92 Å². The number of likely N-dealkylation sites (tertiary alicyclic amines) is 1. The van der Waals surface area contributed by atoms with Crippen LogP contribution in [0.5, 0.6) is 0 Å². The minimum Gasteiger partial charge on any atom is -0.356 e. The Labute approximate surface area is 183 Å². The lowest BCUT2D eigenvalue weighted by Gasteiger charge is -2.33. The first-order chi connectivity index (χ1) is 15.1. The van der Waals surface area contributed by atoms with Crippen LogP contribution in [0.15, 0.2) is 60.7 Å². The van der Waals surface area contributed by atoms with E-state index in [2.05, 4.69) is 17.4 Å². The predicted octanol–water partition coefficient (Wildman–Crippen LogP) is 2.64. The number of carbonyl (C=O) groups excluding carboxylic acids is 3. The summed E-state index contributed by atoms with van der Waals surface area (Å²) in [6, 6.07) is 19.6. The molecule has 2 heterocycles. The number of nitrogens with zero attached hydrogens (tertiary/aromatic N) is 2. The smallest absolute Gasteiger partial charge is 0.228 e. The SMILES string of the molecule is O=C(NCCc1ccccc1)C1CCN(C(=O)C2CC(=O)N(c3ccccc3)C2)CC1. The largest absolute Gasteiger partial charge is 0.356 e. The summed E-state index contributed by atoms with van der Waals surface area (Å²) >= 11 is 0. The first kappa shape index (κ1) is 21.1. The number of piperidine rings is 1. The van der Waals surface area contributed by atoms with Gasteiger partial charge in [0, 0.05) is 44.2 Å². The second kappa shape index (κ2) is 9.77. The summed E-state index contributed by atoms with van der Waals surface area (Å²) in [6.45, 7) is 2.21. The molecule has 2 aliphatic heterocycles. The zero-order valence-corrected chi connectivity index (χ0v) is 17.7. The molecule has 6 nitrogen and oxygen atoms in total. The minimum absolute atomic E-state index is 0.00256. The summed E-state index contributed by atoms with van der Waals surface area (Å²) in [5.41, 5.74) is 2.05. The van der Waals surface area contributed by atoms with E-state index in [0.717, 1.165) is 12.1 Å². The van der Waals surface area contributed by atoms with Crippen molar-refractivity contribution in [2.24, 2.45) is 11.8 Å². The summed E-state index contributed by atoms with van der Waals surface area (Å²) in [6.07, 6.45) is 2.42.